The first-order valence-corrected chi connectivity index (χ1v) is 8.49. The van der Waals surface area contributed by atoms with Gasteiger partial charge in [0.1, 0.15) is 0 Å². The molecule has 0 saturated carbocycles. The van der Waals surface area contributed by atoms with Crippen LogP contribution < -0.4 is 0 Å². The first-order valence-electron chi connectivity index (χ1n) is 8.49. The number of carbonyl (C=O) groups excluding carboxylic acids is 1. The maximum Gasteiger partial charge on any atom is 0.308 e. The number of hydrogen-bond acceptors (Lipinski definition) is 4. The van der Waals surface area contributed by atoms with Gasteiger partial charge < -0.3 is 4.74 Å². The van der Waals surface area contributed by atoms with E-state index in [4.69, 9.17) is 4.74 Å². The Bertz CT molecular complexity index is 709. The van der Waals surface area contributed by atoms with Crippen LogP contribution in [0.15, 0.2) is 36.7 Å². The fourth-order valence-corrected chi connectivity index (χ4v) is 4.13. The van der Waals surface area contributed by atoms with Gasteiger partial charge in [-0.2, -0.15) is 0 Å². The first-order chi connectivity index (χ1) is 11.5. The molecule has 24 heavy (non-hydrogen) atoms. The third-order valence-corrected chi connectivity index (χ3v) is 4.89. The van der Waals surface area contributed by atoms with Gasteiger partial charge >= 0.3 is 5.97 Å². The zero-order valence-corrected chi connectivity index (χ0v) is 14.7. The van der Waals surface area contributed by atoms with Gasteiger partial charge in [-0.3, -0.25) is 14.8 Å². The van der Waals surface area contributed by atoms with Gasteiger partial charge in [0.05, 0.1) is 24.4 Å². The van der Waals surface area contributed by atoms with Gasteiger partial charge in [-0.25, -0.2) is 0 Å². The topological polar surface area (TPSA) is 52.1 Å². The van der Waals surface area contributed by atoms with E-state index in [0.29, 0.717) is 12.3 Å². The van der Waals surface area contributed by atoms with Crippen molar-refractivity contribution in [3.8, 4) is 11.4 Å². The van der Waals surface area contributed by atoms with Crippen molar-refractivity contribution in [2.45, 2.75) is 39.0 Å². The lowest BCUT2D eigenvalue weighted by Crippen LogP contribution is -2.32. The normalized spacial score (nSPS) is 15.7. The van der Waals surface area contributed by atoms with E-state index >= 15 is 0 Å². The standard InChI is InChI=1S/C20H24N2O2/c1-13(2)11-20(12-14(3)19(23)24-4)15-7-5-9-21-17(15)18-16(20)8-6-10-22-18/h5-10,13-14H,11-12H2,1-4H3. The lowest BCUT2D eigenvalue weighted by molar-refractivity contribution is -0.145. The summed E-state index contributed by atoms with van der Waals surface area (Å²) in [6, 6.07) is 8.22. The molecule has 0 radical (unpaired) electrons. The number of nitrogens with zero attached hydrogens (tertiary/aromatic N) is 2. The zero-order chi connectivity index (χ0) is 17.3. The fraction of sp³-hybridized carbons (Fsp3) is 0.450. The van der Waals surface area contributed by atoms with Gasteiger partial charge in [-0.1, -0.05) is 32.9 Å². The summed E-state index contributed by atoms with van der Waals surface area (Å²) in [5.41, 5.74) is 4.03. The van der Waals surface area contributed by atoms with Crippen LogP contribution >= 0.6 is 0 Å². The van der Waals surface area contributed by atoms with Gasteiger partial charge in [0, 0.05) is 17.8 Å². The summed E-state index contributed by atoms with van der Waals surface area (Å²) in [6.45, 7) is 6.38. The van der Waals surface area contributed by atoms with Crippen LogP contribution in [0.25, 0.3) is 11.4 Å². The summed E-state index contributed by atoms with van der Waals surface area (Å²) < 4.78 is 4.98. The van der Waals surface area contributed by atoms with Crippen LogP contribution in [0.4, 0.5) is 0 Å². The molecule has 1 unspecified atom stereocenters. The van der Waals surface area contributed by atoms with Gasteiger partial charge in [-0.15, -0.1) is 0 Å². The van der Waals surface area contributed by atoms with Gasteiger partial charge in [0.25, 0.3) is 0 Å². The summed E-state index contributed by atoms with van der Waals surface area (Å²) in [6.07, 6.45) is 5.28. The molecule has 0 saturated heterocycles. The third kappa shape index (κ3) is 2.60. The van der Waals surface area contributed by atoms with Crippen molar-refractivity contribution in [2.24, 2.45) is 11.8 Å². The summed E-state index contributed by atoms with van der Waals surface area (Å²) in [4.78, 5) is 21.3. The number of methoxy groups -OCH3 is 1. The molecule has 4 nitrogen and oxygen atoms in total. The molecule has 1 atom stereocenters. The molecule has 0 aliphatic heterocycles. The van der Waals surface area contributed by atoms with Crippen molar-refractivity contribution in [1.29, 1.82) is 0 Å². The van der Waals surface area contributed by atoms with Crippen LogP contribution in [0.5, 0.6) is 0 Å². The van der Waals surface area contributed by atoms with Crippen molar-refractivity contribution in [2.75, 3.05) is 7.11 Å². The molecule has 0 bridgehead atoms. The molecule has 3 rings (SSSR count). The Hall–Kier alpha value is -2.23. The van der Waals surface area contributed by atoms with E-state index in [2.05, 4.69) is 35.9 Å². The number of carbonyl (C=O) groups is 1. The van der Waals surface area contributed by atoms with Crippen molar-refractivity contribution in [3.63, 3.8) is 0 Å². The highest BCUT2D eigenvalue weighted by Crippen LogP contribution is 2.53. The molecule has 0 fully saturated rings. The van der Waals surface area contributed by atoms with E-state index in [0.717, 1.165) is 17.8 Å². The molecule has 0 amide bonds. The highest BCUT2D eigenvalue weighted by molar-refractivity contribution is 5.77. The highest BCUT2D eigenvalue weighted by Gasteiger charge is 2.46. The Morgan fingerprint density at radius 2 is 1.58 bits per heavy atom. The minimum atomic E-state index is -0.241. The number of rotatable bonds is 5. The van der Waals surface area contributed by atoms with Gasteiger partial charge in [0.2, 0.25) is 0 Å². The lowest BCUT2D eigenvalue weighted by Gasteiger charge is -2.35. The second-order valence-electron chi connectivity index (χ2n) is 7.11. The Balaban J connectivity index is 2.19. The SMILES string of the molecule is COC(=O)C(C)CC1(CC(C)C)c2cccnc2-c2ncccc21. The molecule has 1 aliphatic rings. The minimum Gasteiger partial charge on any atom is -0.469 e. The molecule has 2 aromatic rings. The molecule has 1 aliphatic carbocycles. The summed E-state index contributed by atoms with van der Waals surface area (Å²) in [5, 5.41) is 0. The zero-order valence-electron chi connectivity index (χ0n) is 14.7. The van der Waals surface area contributed by atoms with Crippen LogP contribution in [-0.4, -0.2) is 23.0 Å². The van der Waals surface area contributed by atoms with Crippen LogP contribution in [0.1, 0.15) is 44.7 Å². The maximum absolute atomic E-state index is 12.1. The average molecular weight is 324 g/mol. The van der Waals surface area contributed by atoms with Gasteiger partial charge in [-0.05, 0) is 42.0 Å². The number of fused-ring (bicyclic) bond motifs is 3. The van der Waals surface area contributed by atoms with Gasteiger partial charge in [0.15, 0.2) is 0 Å². The Kier molecular flexibility index (Phi) is 4.39. The number of esters is 1. The van der Waals surface area contributed by atoms with E-state index in [1.165, 1.54) is 18.2 Å². The number of aromatic nitrogens is 2. The lowest BCUT2D eigenvalue weighted by atomic mass is 9.68. The fourth-order valence-electron chi connectivity index (χ4n) is 4.13. The van der Waals surface area contributed by atoms with E-state index in [9.17, 15) is 4.79 Å². The quantitative estimate of drug-likeness (QED) is 0.780. The predicted molar refractivity (Wildman–Crippen MR) is 93.5 cm³/mol. The number of hydrogen-bond donors (Lipinski definition) is 0. The molecule has 2 aromatic heterocycles. The Morgan fingerprint density at radius 3 is 2.04 bits per heavy atom. The van der Waals surface area contributed by atoms with Crippen molar-refractivity contribution in [1.82, 2.24) is 9.97 Å². The smallest absolute Gasteiger partial charge is 0.308 e. The van der Waals surface area contributed by atoms with Crippen molar-refractivity contribution < 1.29 is 9.53 Å². The second kappa shape index (κ2) is 6.34. The molecule has 0 N–H and O–H groups in total. The first kappa shape index (κ1) is 16.6. The van der Waals surface area contributed by atoms with Crippen molar-refractivity contribution in [3.05, 3.63) is 47.8 Å². The van der Waals surface area contributed by atoms with Crippen LogP contribution in [0.3, 0.4) is 0 Å². The maximum atomic E-state index is 12.1. The summed E-state index contributed by atoms with van der Waals surface area (Å²) >= 11 is 0. The molecular weight excluding hydrogens is 300 g/mol. The average Bonchev–Trinajstić information content (AvgIpc) is 2.84. The largest absolute Gasteiger partial charge is 0.469 e. The highest BCUT2D eigenvalue weighted by atomic mass is 16.5. The number of pyridine rings is 2. The van der Waals surface area contributed by atoms with Crippen molar-refractivity contribution >= 4 is 5.97 Å². The van der Waals surface area contributed by atoms with E-state index in [1.54, 1.807) is 0 Å². The second-order valence-corrected chi connectivity index (χ2v) is 7.11. The molecule has 0 aromatic carbocycles. The van der Waals surface area contributed by atoms with Crippen LogP contribution in [0, 0.1) is 11.8 Å². The Labute approximate surface area is 143 Å². The molecular formula is C20H24N2O2. The van der Waals surface area contributed by atoms with Crippen LogP contribution in [-0.2, 0) is 14.9 Å². The molecule has 4 heteroatoms. The van der Waals surface area contributed by atoms with Crippen LogP contribution in [0.2, 0.25) is 0 Å². The van der Waals surface area contributed by atoms with E-state index in [1.807, 2.05) is 31.5 Å². The summed E-state index contributed by atoms with van der Waals surface area (Å²) in [7, 11) is 1.45. The molecule has 2 heterocycles. The molecule has 126 valence electrons. The number of ether oxygens (including phenoxy) is 1. The monoisotopic (exact) mass is 324 g/mol. The van der Waals surface area contributed by atoms with E-state index in [-0.39, 0.29) is 17.3 Å². The molecule has 0 spiro atoms. The Morgan fingerprint density at radius 1 is 1.04 bits per heavy atom. The predicted octanol–water partition coefficient (Wildman–Crippen LogP) is 3.99. The minimum absolute atomic E-state index is 0.166. The summed E-state index contributed by atoms with van der Waals surface area (Å²) in [5.74, 6) is 0.128. The third-order valence-electron chi connectivity index (χ3n) is 4.89. The van der Waals surface area contributed by atoms with E-state index < -0.39 is 0 Å².